The van der Waals surface area contributed by atoms with Crippen molar-refractivity contribution in [2.24, 2.45) is 0 Å². The van der Waals surface area contributed by atoms with E-state index >= 15 is 0 Å². The van der Waals surface area contributed by atoms with E-state index in [0.717, 1.165) is 0 Å². The summed E-state index contributed by atoms with van der Waals surface area (Å²) in [4.78, 5) is 1.46. The van der Waals surface area contributed by atoms with Crippen molar-refractivity contribution in [3.63, 3.8) is 0 Å². The monoisotopic (exact) mass is 294 g/mol. The molecule has 0 bridgehead atoms. The Morgan fingerprint density at radius 2 is 1.86 bits per heavy atom. The van der Waals surface area contributed by atoms with Gasteiger partial charge in [0.1, 0.15) is 0 Å². The second kappa shape index (κ2) is 5.73. The molecule has 0 nitrogen and oxygen atoms in total. The lowest BCUT2D eigenvalue weighted by Gasteiger charge is -2.32. The van der Waals surface area contributed by atoms with Gasteiger partial charge in [0.2, 0.25) is 0 Å². The summed E-state index contributed by atoms with van der Waals surface area (Å²) in [7, 11) is 0. The van der Waals surface area contributed by atoms with Gasteiger partial charge in [-0.1, -0.05) is 62.4 Å². The van der Waals surface area contributed by atoms with Crippen molar-refractivity contribution in [1.82, 2.24) is 0 Å². The molecule has 1 heterocycles. The standard InChI is InChI=1S/C20H22S/c1-15(13-16-7-5-4-6-8-16)17-9-10-18-19(14-17)21-12-11-20(18,2)3/h4-10,13-14H,11-12H2,1-3H3. The molecule has 0 unspecified atom stereocenters. The summed E-state index contributed by atoms with van der Waals surface area (Å²) in [6.07, 6.45) is 3.53. The highest BCUT2D eigenvalue weighted by molar-refractivity contribution is 7.99. The van der Waals surface area contributed by atoms with Crippen molar-refractivity contribution in [2.75, 3.05) is 5.75 Å². The van der Waals surface area contributed by atoms with Crippen LogP contribution in [-0.2, 0) is 5.41 Å². The van der Waals surface area contributed by atoms with Gasteiger partial charge in [-0.15, -0.1) is 11.8 Å². The van der Waals surface area contributed by atoms with Crippen molar-refractivity contribution < 1.29 is 0 Å². The Hall–Kier alpha value is -1.47. The third kappa shape index (κ3) is 3.08. The minimum Gasteiger partial charge on any atom is -0.126 e. The van der Waals surface area contributed by atoms with Crippen LogP contribution in [0.15, 0.2) is 53.4 Å². The van der Waals surface area contributed by atoms with Crippen molar-refractivity contribution in [2.45, 2.75) is 37.5 Å². The molecule has 2 aromatic carbocycles. The first kappa shape index (κ1) is 14.5. The van der Waals surface area contributed by atoms with E-state index < -0.39 is 0 Å². The van der Waals surface area contributed by atoms with Gasteiger partial charge in [0.15, 0.2) is 0 Å². The van der Waals surface area contributed by atoms with E-state index in [-0.39, 0.29) is 0 Å². The van der Waals surface area contributed by atoms with E-state index in [0.29, 0.717) is 5.41 Å². The average Bonchev–Trinajstić information content (AvgIpc) is 2.47. The van der Waals surface area contributed by atoms with Crippen LogP contribution in [0.25, 0.3) is 11.6 Å². The first-order valence-electron chi connectivity index (χ1n) is 7.57. The summed E-state index contributed by atoms with van der Waals surface area (Å²) in [6, 6.07) is 17.5. The number of thioether (sulfide) groups is 1. The molecule has 0 amide bonds. The predicted octanol–water partition coefficient (Wildman–Crippen LogP) is 6.02. The van der Waals surface area contributed by atoms with E-state index in [1.165, 1.54) is 39.3 Å². The number of allylic oxidation sites excluding steroid dienone is 1. The van der Waals surface area contributed by atoms with Crippen LogP contribution in [0.1, 0.15) is 43.9 Å². The Labute approximate surface area is 132 Å². The fourth-order valence-corrected chi connectivity index (χ4v) is 4.42. The molecular formula is C20H22S. The number of hydrogen-bond donors (Lipinski definition) is 0. The van der Waals surface area contributed by atoms with Gasteiger partial charge in [-0.05, 0) is 52.8 Å². The molecule has 0 aliphatic carbocycles. The van der Waals surface area contributed by atoms with Gasteiger partial charge in [0.25, 0.3) is 0 Å². The predicted molar refractivity (Wildman–Crippen MR) is 94.8 cm³/mol. The number of fused-ring (bicyclic) bond motifs is 1. The molecule has 0 saturated heterocycles. The van der Waals surface area contributed by atoms with Crippen LogP contribution >= 0.6 is 11.8 Å². The molecule has 21 heavy (non-hydrogen) atoms. The summed E-state index contributed by atoms with van der Waals surface area (Å²) in [6.45, 7) is 6.92. The number of benzene rings is 2. The minimum atomic E-state index is 0.316. The highest BCUT2D eigenvalue weighted by atomic mass is 32.2. The van der Waals surface area contributed by atoms with Gasteiger partial charge < -0.3 is 0 Å². The van der Waals surface area contributed by atoms with Gasteiger partial charge in [-0.3, -0.25) is 0 Å². The summed E-state index contributed by atoms with van der Waals surface area (Å²) in [5, 5.41) is 0. The molecule has 0 fully saturated rings. The molecule has 0 radical (unpaired) electrons. The maximum absolute atomic E-state index is 2.37. The van der Waals surface area contributed by atoms with Crippen LogP contribution < -0.4 is 0 Å². The quantitative estimate of drug-likeness (QED) is 0.610. The Bertz CT molecular complexity index is 665. The Kier molecular flexibility index (Phi) is 3.95. The van der Waals surface area contributed by atoms with Crippen molar-refractivity contribution >= 4 is 23.4 Å². The van der Waals surface area contributed by atoms with Gasteiger partial charge in [-0.2, -0.15) is 0 Å². The van der Waals surface area contributed by atoms with Crippen LogP contribution in [0.2, 0.25) is 0 Å². The lowest BCUT2D eigenvalue weighted by atomic mass is 9.81. The molecule has 0 atom stereocenters. The summed E-state index contributed by atoms with van der Waals surface area (Å²) < 4.78 is 0. The third-order valence-corrected chi connectivity index (χ3v) is 5.39. The molecule has 0 N–H and O–H groups in total. The Morgan fingerprint density at radius 3 is 2.62 bits per heavy atom. The van der Waals surface area contributed by atoms with Crippen molar-refractivity contribution in [3.05, 3.63) is 65.2 Å². The molecule has 0 spiro atoms. The van der Waals surface area contributed by atoms with Crippen LogP contribution in [0.5, 0.6) is 0 Å². The van der Waals surface area contributed by atoms with Gasteiger partial charge >= 0.3 is 0 Å². The molecule has 108 valence electrons. The zero-order valence-corrected chi connectivity index (χ0v) is 13.8. The molecule has 1 heteroatoms. The summed E-state index contributed by atoms with van der Waals surface area (Å²) in [5.41, 5.74) is 5.75. The van der Waals surface area contributed by atoms with Crippen molar-refractivity contribution in [3.8, 4) is 0 Å². The van der Waals surface area contributed by atoms with E-state index in [1.807, 2.05) is 11.8 Å². The van der Waals surface area contributed by atoms with E-state index in [2.05, 4.69) is 75.4 Å². The molecule has 2 aromatic rings. The van der Waals surface area contributed by atoms with Gasteiger partial charge in [0, 0.05) is 4.90 Å². The zero-order chi connectivity index (χ0) is 14.9. The van der Waals surface area contributed by atoms with E-state index in [4.69, 9.17) is 0 Å². The SMILES string of the molecule is CC(=Cc1ccccc1)c1ccc2c(c1)SCCC2(C)C. The fourth-order valence-electron chi connectivity index (χ4n) is 2.88. The van der Waals surface area contributed by atoms with Crippen LogP contribution in [0.4, 0.5) is 0 Å². The second-order valence-electron chi connectivity index (χ2n) is 6.43. The fraction of sp³-hybridized carbons (Fsp3) is 0.300. The van der Waals surface area contributed by atoms with Crippen molar-refractivity contribution in [1.29, 1.82) is 0 Å². The third-order valence-electron chi connectivity index (χ3n) is 4.33. The largest absolute Gasteiger partial charge is 0.126 e. The second-order valence-corrected chi connectivity index (χ2v) is 7.57. The molecule has 0 aromatic heterocycles. The highest BCUT2D eigenvalue weighted by Crippen LogP contribution is 2.42. The van der Waals surface area contributed by atoms with Crippen LogP contribution in [0.3, 0.4) is 0 Å². The number of hydrogen-bond acceptors (Lipinski definition) is 1. The Morgan fingerprint density at radius 1 is 1.10 bits per heavy atom. The van der Waals surface area contributed by atoms with E-state index in [1.54, 1.807) is 0 Å². The topological polar surface area (TPSA) is 0 Å². The minimum absolute atomic E-state index is 0.316. The highest BCUT2D eigenvalue weighted by Gasteiger charge is 2.27. The molecular weight excluding hydrogens is 272 g/mol. The summed E-state index contributed by atoms with van der Waals surface area (Å²) >= 11 is 2.00. The maximum atomic E-state index is 2.37. The van der Waals surface area contributed by atoms with E-state index in [9.17, 15) is 0 Å². The smallest absolute Gasteiger partial charge is 0.0115 e. The first-order chi connectivity index (χ1) is 10.1. The zero-order valence-electron chi connectivity index (χ0n) is 13.0. The number of rotatable bonds is 2. The molecule has 1 aliphatic heterocycles. The molecule has 3 rings (SSSR count). The molecule has 0 saturated carbocycles. The van der Waals surface area contributed by atoms with Crippen LogP contribution in [0, 0.1) is 0 Å². The average molecular weight is 294 g/mol. The Balaban J connectivity index is 1.96. The lowest BCUT2D eigenvalue weighted by Crippen LogP contribution is -2.22. The molecule has 1 aliphatic rings. The van der Waals surface area contributed by atoms with Crippen LogP contribution in [-0.4, -0.2) is 5.75 Å². The van der Waals surface area contributed by atoms with Gasteiger partial charge in [-0.25, -0.2) is 0 Å². The lowest BCUT2D eigenvalue weighted by molar-refractivity contribution is 0.494. The first-order valence-corrected chi connectivity index (χ1v) is 8.56. The van der Waals surface area contributed by atoms with Gasteiger partial charge in [0.05, 0.1) is 0 Å². The normalized spacial score (nSPS) is 17.4. The maximum Gasteiger partial charge on any atom is 0.0115 e. The summed E-state index contributed by atoms with van der Waals surface area (Å²) in [5.74, 6) is 1.23.